The lowest BCUT2D eigenvalue weighted by atomic mass is 9.94. The number of allylic oxidation sites excluding steroid dienone is 3. The molecule has 3 rings (SSSR count). The number of halogens is 1. The fourth-order valence-corrected chi connectivity index (χ4v) is 3.26. The summed E-state index contributed by atoms with van der Waals surface area (Å²) in [6, 6.07) is 3.07. The number of hydrogen-bond acceptors (Lipinski definition) is 4. The molecule has 8 heteroatoms. The molecule has 7 nitrogen and oxygen atoms in total. The predicted molar refractivity (Wildman–Crippen MR) is 102 cm³/mol. The number of hydrogen-bond donors (Lipinski definition) is 1. The van der Waals surface area contributed by atoms with Gasteiger partial charge in [0.15, 0.2) is 0 Å². The molecule has 1 aromatic carbocycles. The second kappa shape index (κ2) is 7.75. The average molecular weight is 388 g/mol. The van der Waals surface area contributed by atoms with Gasteiger partial charge in [-0.15, -0.1) is 0 Å². The molecule has 27 heavy (non-hydrogen) atoms. The molecule has 0 fully saturated rings. The highest BCUT2D eigenvalue weighted by Crippen LogP contribution is 2.28. The molecule has 0 saturated heterocycles. The van der Waals surface area contributed by atoms with Crippen LogP contribution in [0.5, 0.6) is 5.75 Å². The van der Waals surface area contributed by atoms with Crippen LogP contribution in [0.4, 0.5) is 10.5 Å². The quantitative estimate of drug-likeness (QED) is 0.840. The lowest BCUT2D eigenvalue weighted by Crippen LogP contribution is -2.54. The number of carbonyl (C=O) groups is 3. The van der Waals surface area contributed by atoms with Gasteiger partial charge >= 0.3 is 6.03 Å². The minimum atomic E-state index is -0.976. The van der Waals surface area contributed by atoms with Gasteiger partial charge in [-0.05, 0) is 30.7 Å². The van der Waals surface area contributed by atoms with Crippen LogP contribution in [0.2, 0.25) is 5.02 Å². The Morgan fingerprint density at radius 3 is 2.81 bits per heavy atom. The molecule has 2 aliphatic rings. The zero-order chi connectivity index (χ0) is 19.6. The Balaban J connectivity index is 1.83. The molecule has 0 radical (unpaired) electrons. The highest BCUT2D eigenvalue weighted by Gasteiger charge is 2.41. The van der Waals surface area contributed by atoms with Gasteiger partial charge in [0.05, 0.1) is 23.8 Å². The van der Waals surface area contributed by atoms with E-state index in [4.69, 9.17) is 16.3 Å². The van der Waals surface area contributed by atoms with Crippen molar-refractivity contribution in [2.24, 2.45) is 10.9 Å². The summed E-state index contributed by atoms with van der Waals surface area (Å²) in [6.45, 7) is 1.72. The molecule has 2 atom stereocenters. The van der Waals surface area contributed by atoms with Crippen molar-refractivity contribution in [3.63, 3.8) is 0 Å². The van der Waals surface area contributed by atoms with E-state index in [-0.39, 0.29) is 6.42 Å². The molecular formula is C19H18ClN3O4. The van der Waals surface area contributed by atoms with Crippen molar-refractivity contribution in [2.45, 2.75) is 19.4 Å². The van der Waals surface area contributed by atoms with Gasteiger partial charge in [-0.3, -0.25) is 9.59 Å². The minimum Gasteiger partial charge on any atom is -0.495 e. The van der Waals surface area contributed by atoms with Gasteiger partial charge in [0.1, 0.15) is 11.8 Å². The molecule has 0 aromatic heterocycles. The van der Waals surface area contributed by atoms with Gasteiger partial charge in [-0.2, -0.15) is 4.99 Å². The number of benzene rings is 1. The number of imide groups is 1. The Morgan fingerprint density at radius 2 is 2.15 bits per heavy atom. The lowest BCUT2D eigenvalue weighted by Gasteiger charge is -2.33. The Morgan fingerprint density at radius 1 is 1.37 bits per heavy atom. The number of methoxy groups -OCH3 is 1. The highest BCUT2D eigenvalue weighted by atomic mass is 35.5. The van der Waals surface area contributed by atoms with Gasteiger partial charge in [-0.25, -0.2) is 9.69 Å². The van der Waals surface area contributed by atoms with E-state index >= 15 is 0 Å². The van der Waals surface area contributed by atoms with E-state index in [9.17, 15) is 14.4 Å². The lowest BCUT2D eigenvalue weighted by molar-refractivity contribution is -0.136. The first-order valence-electron chi connectivity index (χ1n) is 8.41. The van der Waals surface area contributed by atoms with E-state index in [1.54, 1.807) is 43.4 Å². The molecule has 0 spiro atoms. The van der Waals surface area contributed by atoms with Crippen molar-refractivity contribution < 1.29 is 19.1 Å². The van der Waals surface area contributed by atoms with Crippen molar-refractivity contribution in [1.29, 1.82) is 0 Å². The molecule has 1 aliphatic carbocycles. The second-order valence-corrected chi connectivity index (χ2v) is 6.42. The summed E-state index contributed by atoms with van der Waals surface area (Å²) in [6.07, 6.45) is 6.97. The number of urea groups is 1. The first kappa shape index (κ1) is 18.8. The van der Waals surface area contributed by atoms with E-state index in [0.29, 0.717) is 22.2 Å². The Bertz CT molecular complexity index is 891. The molecule has 4 amide bonds. The number of nitrogens with zero attached hydrogens (tertiary/aromatic N) is 2. The number of amides is 4. The maximum absolute atomic E-state index is 12.8. The van der Waals surface area contributed by atoms with Crippen molar-refractivity contribution in [2.75, 3.05) is 12.4 Å². The van der Waals surface area contributed by atoms with Crippen LogP contribution in [-0.2, 0) is 9.59 Å². The summed E-state index contributed by atoms with van der Waals surface area (Å²) < 4.78 is 5.08. The predicted octanol–water partition coefficient (Wildman–Crippen LogP) is 3.21. The maximum atomic E-state index is 12.8. The van der Waals surface area contributed by atoms with Gasteiger partial charge in [-0.1, -0.05) is 36.8 Å². The van der Waals surface area contributed by atoms with Crippen LogP contribution in [0, 0.1) is 5.92 Å². The Labute approximate surface area is 161 Å². The second-order valence-electron chi connectivity index (χ2n) is 6.01. The molecule has 1 N–H and O–H groups in total. The van der Waals surface area contributed by atoms with Gasteiger partial charge in [0.2, 0.25) is 11.8 Å². The number of nitrogens with one attached hydrogen (secondary N) is 1. The molecule has 2 unspecified atom stereocenters. The summed E-state index contributed by atoms with van der Waals surface area (Å²) in [5, 5.41) is 3.03. The number of fused-ring (bicyclic) bond motifs is 1. The van der Waals surface area contributed by atoms with Crippen LogP contribution < -0.4 is 10.1 Å². The number of carbonyl (C=O) groups excluding carboxylic acids is 3. The Kier molecular flexibility index (Phi) is 5.41. The molecule has 1 aromatic rings. The molecule has 0 bridgehead atoms. The third kappa shape index (κ3) is 3.64. The standard InChI is InChI=1S/C19H18ClN3O4/c1-3-15(17(24)21-11-8-9-16(27-2)13(20)10-11)23-18(25)12-6-4-5-7-14(12)22-19(23)26/h4-10,12,15H,3H2,1-2H3,(H,21,24). The van der Waals surface area contributed by atoms with Crippen LogP contribution in [-0.4, -0.2) is 41.6 Å². The van der Waals surface area contributed by atoms with Gasteiger partial charge < -0.3 is 10.1 Å². The summed E-state index contributed by atoms with van der Waals surface area (Å²) >= 11 is 6.07. The van der Waals surface area contributed by atoms with Crippen LogP contribution in [0.3, 0.4) is 0 Å². The average Bonchev–Trinajstić information content (AvgIpc) is 2.65. The van der Waals surface area contributed by atoms with Gasteiger partial charge in [0.25, 0.3) is 0 Å². The number of rotatable bonds is 5. The third-order valence-corrected chi connectivity index (χ3v) is 4.65. The third-order valence-electron chi connectivity index (χ3n) is 4.35. The normalized spacial score (nSPS) is 19.4. The number of ether oxygens (including phenoxy) is 1. The molecule has 0 saturated carbocycles. The smallest absolute Gasteiger partial charge is 0.351 e. The molecule has 1 aliphatic heterocycles. The maximum Gasteiger partial charge on any atom is 0.351 e. The monoisotopic (exact) mass is 387 g/mol. The zero-order valence-electron chi connectivity index (χ0n) is 14.8. The van der Waals surface area contributed by atoms with Crippen molar-refractivity contribution in [3.05, 3.63) is 47.5 Å². The number of aliphatic imine (C=N–C) groups is 1. The van der Waals surface area contributed by atoms with Crippen molar-refractivity contribution >= 4 is 40.8 Å². The molecular weight excluding hydrogens is 370 g/mol. The van der Waals surface area contributed by atoms with Crippen molar-refractivity contribution in [1.82, 2.24) is 4.90 Å². The fourth-order valence-electron chi connectivity index (χ4n) is 3.00. The Hall–Kier alpha value is -2.93. The van der Waals surface area contributed by atoms with E-state index in [0.717, 1.165) is 4.90 Å². The van der Waals surface area contributed by atoms with E-state index < -0.39 is 29.8 Å². The summed E-state index contributed by atoms with van der Waals surface area (Å²) in [5.41, 5.74) is 0.826. The van der Waals surface area contributed by atoms with Crippen LogP contribution >= 0.6 is 11.6 Å². The van der Waals surface area contributed by atoms with Gasteiger partial charge in [0, 0.05) is 5.69 Å². The van der Waals surface area contributed by atoms with E-state index in [2.05, 4.69) is 10.3 Å². The molecule has 140 valence electrons. The summed E-state index contributed by atoms with van der Waals surface area (Å²) in [4.78, 5) is 42.8. The first-order chi connectivity index (χ1) is 13.0. The zero-order valence-corrected chi connectivity index (χ0v) is 15.6. The SMILES string of the molecule is CCC(C(=O)Nc1ccc(OC)c(Cl)c1)N1C(=O)N=C2C=CC=CC2C1=O. The largest absolute Gasteiger partial charge is 0.495 e. The van der Waals surface area contributed by atoms with E-state index in [1.165, 1.54) is 13.2 Å². The minimum absolute atomic E-state index is 0.254. The van der Waals surface area contributed by atoms with Crippen LogP contribution in [0.25, 0.3) is 0 Å². The van der Waals surface area contributed by atoms with E-state index in [1.807, 2.05) is 0 Å². The van der Waals surface area contributed by atoms with Crippen LogP contribution in [0.15, 0.2) is 47.5 Å². The topological polar surface area (TPSA) is 88.1 Å². The van der Waals surface area contributed by atoms with Crippen molar-refractivity contribution in [3.8, 4) is 5.75 Å². The fraction of sp³-hybridized carbons (Fsp3) is 0.263. The highest BCUT2D eigenvalue weighted by molar-refractivity contribution is 6.32. The molecule has 1 heterocycles. The summed E-state index contributed by atoms with van der Waals surface area (Å²) in [7, 11) is 1.49. The van der Waals surface area contributed by atoms with Crippen LogP contribution in [0.1, 0.15) is 13.3 Å². The summed E-state index contributed by atoms with van der Waals surface area (Å²) in [5.74, 6) is -1.12. The number of anilines is 1. The first-order valence-corrected chi connectivity index (χ1v) is 8.79.